The van der Waals surface area contributed by atoms with E-state index in [9.17, 15) is 9.59 Å². The first kappa shape index (κ1) is 17.8. The van der Waals surface area contributed by atoms with E-state index in [1.54, 1.807) is 18.2 Å². The molecule has 21 heavy (non-hydrogen) atoms. The van der Waals surface area contributed by atoms with Crippen molar-refractivity contribution in [2.75, 3.05) is 13.7 Å². The highest BCUT2D eigenvalue weighted by atomic mass is 79.9. The van der Waals surface area contributed by atoms with Gasteiger partial charge in [0.25, 0.3) is 5.91 Å². The molecule has 1 rings (SSSR count). The van der Waals surface area contributed by atoms with E-state index < -0.39 is 17.9 Å². The van der Waals surface area contributed by atoms with Crippen LogP contribution in [0.2, 0.25) is 5.02 Å². The first-order valence-corrected chi connectivity index (χ1v) is 7.47. The Hall–Kier alpha value is -1.27. The lowest BCUT2D eigenvalue weighted by atomic mass is 10.0. The molecule has 1 N–H and O–H groups in total. The second-order valence-electron chi connectivity index (χ2n) is 4.68. The zero-order valence-corrected chi connectivity index (χ0v) is 14.3. The van der Waals surface area contributed by atoms with E-state index in [4.69, 9.17) is 16.3 Å². The van der Waals surface area contributed by atoms with Crippen molar-refractivity contribution in [2.24, 2.45) is 5.92 Å². The lowest BCUT2D eigenvalue weighted by Crippen LogP contribution is -2.46. The SMILES string of the molecule is COC(=O)C(NC(=O)COc1ccc(Br)cc1Cl)C(C)C. The van der Waals surface area contributed by atoms with Gasteiger partial charge in [-0.3, -0.25) is 4.79 Å². The Bertz CT molecular complexity index is 522. The summed E-state index contributed by atoms with van der Waals surface area (Å²) in [7, 11) is 1.28. The maximum atomic E-state index is 11.8. The van der Waals surface area contributed by atoms with Crippen LogP contribution in [0.15, 0.2) is 22.7 Å². The van der Waals surface area contributed by atoms with Gasteiger partial charge in [0.1, 0.15) is 11.8 Å². The number of halogens is 2. The molecule has 1 unspecified atom stereocenters. The maximum absolute atomic E-state index is 11.8. The third-order valence-electron chi connectivity index (χ3n) is 2.69. The second kappa shape index (κ2) is 8.24. The highest BCUT2D eigenvalue weighted by Crippen LogP contribution is 2.27. The number of carbonyl (C=O) groups is 2. The van der Waals surface area contributed by atoms with Crippen molar-refractivity contribution >= 4 is 39.4 Å². The molecule has 1 aromatic carbocycles. The van der Waals surface area contributed by atoms with Crippen molar-refractivity contribution in [1.82, 2.24) is 5.32 Å². The van der Waals surface area contributed by atoms with E-state index in [1.807, 2.05) is 13.8 Å². The minimum atomic E-state index is -0.702. The fraction of sp³-hybridized carbons (Fsp3) is 0.429. The molecule has 0 spiro atoms. The molecule has 0 aromatic heterocycles. The van der Waals surface area contributed by atoms with Crippen LogP contribution in [0.3, 0.4) is 0 Å². The smallest absolute Gasteiger partial charge is 0.328 e. The van der Waals surface area contributed by atoms with Crippen LogP contribution in [0, 0.1) is 5.92 Å². The summed E-state index contributed by atoms with van der Waals surface area (Å²) in [5, 5.41) is 2.97. The van der Waals surface area contributed by atoms with Crippen LogP contribution < -0.4 is 10.1 Å². The van der Waals surface area contributed by atoms with E-state index in [0.717, 1.165) is 4.47 Å². The maximum Gasteiger partial charge on any atom is 0.328 e. The molecule has 7 heteroatoms. The molecule has 0 aliphatic carbocycles. The van der Waals surface area contributed by atoms with Gasteiger partial charge < -0.3 is 14.8 Å². The molecule has 0 aliphatic rings. The van der Waals surface area contributed by atoms with Crippen molar-refractivity contribution in [3.05, 3.63) is 27.7 Å². The molecule has 5 nitrogen and oxygen atoms in total. The molecule has 0 saturated heterocycles. The van der Waals surface area contributed by atoms with E-state index in [1.165, 1.54) is 7.11 Å². The summed E-state index contributed by atoms with van der Waals surface area (Å²) in [6.07, 6.45) is 0. The Morgan fingerprint density at radius 2 is 2.05 bits per heavy atom. The highest BCUT2D eigenvalue weighted by molar-refractivity contribution is 9.10. The van der Waals surface area contributed by atoms with Gasteiger partial charge in [0.15, 0.2) is 6.61 Å². The van der Waals surface area contributed by atoms with E-state index in [2.05, 4.69) is 26.0 Å². The normalized spacial score (nSPS) is 11.9. The van der Waals surface area contributed by atoms with E-state index >= 15 is 0 Å². The van der Waals surface area contributed by atoms with Crippen molar-refractivity contribution in [1.29, 1.82) is 0 Å². The topological polar surface area (TPSA) is 64.6 Å². The quantitative estimate of drug-likeness (QED) is 0.773. The summed E-state index contributed by atoms with van der Waals surface area (Å²) in [6.45, 7) is 3.39. The van der Waals surface area contributed by atoms with Gasteiger partial charge in [-0.2, -0.15) is 0 Å². The van der Waals surface area contributed by atoms with Gasteiger partial charge in [0.05, 0.1) is 12.1 Å². The van der Waals surface area contributed by atoms with Gasteiger partial charge in [-0.05, 0) is 24.1 Å². The number of carbonyl (C=O) groups excluding carboxylic acids is 2. The number of amides is 1. The third-order valence-corrected chi connectivity index (χ3v) is 3.48. The molecular weight excluding hydrogens is 362 g/mol. The number of nitrogens with one attached hydrogen (secondary N) is 1. The van der Waals surface area contributed by atoms with E-state index in [-0.39, 0.29) is 12.5 Å². The summed E-state index contributed by atoms with van der Waals surface area (Å²) in [5.74, 6) is -0.593. The Morgan fingerprint density at radius 3 is 2.57 bits per heavy atom. The predicted molar refractivity (Wildman–Crippen MR) is 83.4 cm³/mol. The number of hydrogen-bond donors (Lipinski definition) is 1. The summed E-state index contributed by atoms with van der Waals surface area (Å²) in [4.78, 5) is 23.4. The van der Waals surface area contributed by atoms with Gasteiger partial charge in [-0.15, -0.1) is 0 Å². The molecule has 1 atom stereocenters. The minimum Gasteiger partial charge on any atom is -0.482 e. The van der Waals surface area contributed by atoms with Crippen molar-refractivity contribution < 1.29 is 19.1 Å². The molecular formula is C14H17BrClNO4. The third kappa shape index (κ3) is 5.55. The van der Waals surface area contributed by atoms with Crippen molar-refractivity contribution in [3.8, 4) is 5.75 Å². The predicted octanol–water partition coefficient (Wildman–Crippen LogP) is 2.80. The molecule has 116 valence electrons. The average Bonchev–Trinajstić information content (AvgIpc) is 2.42. The van der Waals surface area contributed by atoms with E-state index in [0.29, 0.717) is 10.8 Å². The second-order valence-corrected chi connectivity index (χ2v) is 6.00. The molecule has 0 saturated carbocycles. The zero-order valence-electron chi connectivity index (χ0n) is 12.0. The summed E-state index contributed by atoms with van der Waals surface area (Å²) in [5.41, 5.74) is 0. The van der Waals surface area contributed by atoms with Crippen LogP contribution in [0.4, 0.5) is 0 Å². The zero-order chi connectivity index (χ0) is 16.0. The number of ether oxygens (including phenoxy) is 2. The number of esters is 1. The average molecular weight is 379 g/mol. The van der Waals surface area contributed by atoms with Gasteiger partial charge in [-0.25, -0.2) is 4.79 Å². The minimum absolute atomic E-state index is 0.0855. The highest BCUT2D eigenvalue weighted by Gasteiger charge is 2.24. The lowest BCUT2D eigenvalue weighted by molar-refractivity contribution is -0.146. The molecule has 0 radical (unpaired) electrons. The number of rotatable bonds is 6. The standard InChI is InChI=1S/C14H17BrClNO4/c1-8(2)13(14(19)20-3)17-12(18)7-21-11-5-4-9(15)6-10(11)16/h4-6,8,13H,7H2,1-3H3,(H,17,18). The number of methoxy groups -OCH3 is 1. The Balaban J connectivity index is 2.58. The monoisotopic (exact) mass is 377 g/mol. The fourth-order valence-corrected chi connectivity index (χ4v) is 2.30. The first-order chi connectivity index (χ1) is 9.85. The summed E-state index contributed by atoms with van der Waals surface area (Å²) >= 11 is 9.26. The van der Waals surface area contributed by atoms with Gasteiger partial charge in [0.2, 0.25) is 0 Å². The van der Waals surface area contributed by atoms with Crippen LogP contribution in [0.1, 0.15) is 13.8 Å². The van der Waals surface area contributed by atoms with Crippen LogP contribution in [0.25, 0.3) is 0 Å². The number of benzene rings is 1. The lowest BCUT2D eigenvalue weighted by Gasteiger charge is -2.19. The van der Waals surface area contributed by atoms with Crippen LogP contribution in [-0.4, -0.2) is 31.6 Å². The van der Waals surface area contributed by atoms with Gasteiger partial charge in [-0.1, -0.05) is 41.4 Å². The van der Waals surface area contributed by atoms with Gasteiger partial charge in [0, 0.05) is 4.47 Å². The first-order valence-electron chi connectivity index (χ1n) is 6.30. The number of hydrogen-bond acceptors (Lipinski definition) is 4. The van der Waals surface area contributed by atoms with Crippen molar-refractivity contribution in [2.45, 2.75) is 19.9 Å². The Kier molecular flexibility index (Phi) is 6.98. The summed E-state index contributed by atoms with van der Waals surface area (Å²) in [6, 6.07) is 4.37. The molecule has 0 heterocycles. The molecule has 1 aromatic rings. The largest absolute Gasteiger partial charge is 0.482 e. The van der Waals surface area contributed by atoms with Gasteiger partial charge >= 0.3 is 5.97 Å². The fourth-order valence-electron chi connectivity index (χ4n) is 1.58. The van der Waals surface area contributed by atoms with Crippen LogP contribution >= 0.6 is 27.5 Å². The molecule has 0 aliphatic heterocycles. The Labute approximate surface area is 137 Å². The van der Waals surface area contributed by atoms with Crippen molar-refractivity contribution in [3.63, 3.8) is 0 Å². The molecule has 1 amide bonds. The van der Waals surface area contributed by atoms with Crippen LogP contribution in [-0.2, 0) is 14.3 Å². The molecule has 0 bridgehead atoms. The Morgan fingerprint density at radius 1 is 1.38 bits per heavy atom. The van der Waals surface area contributed by atoms with Crippen LogP contribution in [0.5, 0.6) is 5.75 Å². The molecule has 0 fully saturated rings. The summed E-state index contributed by atoms with van der Waals surface area (Å²) < 4.78 is 10.8.